The second-order valence-electron chi connectivity index (χ2n) is 5.87. The Morgan fingerprint density at radius 1 is 1.31 bits per heavy atom. The fraction of sp³-hybridized carbons (Fsp3) is 0.909. The molecule has 0 aromatic rings. The first-order chi connectivity index (χ1) is 6.23. The summed E-state index contributed by atoms with van der Waals surface area (Å²) < 4.78 is 0.307. The SMILES string of the molecule is O=C1[C@H]2[C@@H]3C[C@@H]4[C@@H]5C[C@](Br)([C@@H]42)[C@@H]1[C@H]53. The number of hydrogen-bond donors (Lipinski definition) is 0. The second kappa shape index (κ2) is 1.46. The molecular formula is C11H11BrO. The molecule has 0 unspecified atom stereocenters. The number of rotatable bonds is 0. The fourth-order valence-corrected chi connectivity index (χ4v) is 7.72. The van der Waals surface area contributed by atoms with Crippen LogP contribution in [0, 0.1) is 41.4 Å². The van der Waals surface area contributed by atoms with Crippen LogP contribution in [0.1, 0.15) is 12.8 Å². The van der Waals surface area contributed by atoms with Gasteiger partial charge in [0.05, 0.1) is 0 Å². The van der Waals surface area contributed by atoms with E-state index in [0.717, 1.165) is 29.6 Å². The maximum atomic E-state index is 12.1. The maximum absolute atomic E-state index is 12.1. The Bertz CT molecular complexity index is 365. The van der Waals surface area contributed by atoms with Crippen LogP contribution >= 0.6 is 15.9 Å². The maximum Gasteiger partial charge on any atom is 0.141 e. The summed E-state index contributed by atoms with van der Waals surface area (Å²) in [5.74, 6) is 5.94. The van der Waals surface area contributed by atoms with E-state index in [1.165, 1.54) is 12.8 Å². The molecule has 6 aliphatic carbocycles. The van der Waals surface area contributed by atoms with Crippen LogP contribution in [0.4, 0.5) is 0 Å². The Balaban J connectivity index is 1.94. The lowest BCUT2D eigenvalue weighted by Gasteiger charge is -2.37. The van der Waals surface area contributed by atoms with E-state index in [0.29, 0.717) is 21.9 Å². The van der Waals surface area contributed by atoms with Crippen molar-refractivity contribution in [3.8, 4) is 0 Å². The summed E-state index contributed by atoms with van der Waals surface area (Å²) >= 11 is 3.94. The minimum absolute atomic E-state index is 0.307. The smallest absolute Gasteiger partial charge is 0.141 e. The van der Waals surface area contributed by atoms with Gasteiger partial charge < -0.3 is 0 Å². The van der Waals surface area contributed by atoms with E-state index < -0.39 is 0 Å². The molecule has 6 bridgehead atoms. The zero-order chi connectivity index (χ0) is 8.53. The van der Waals surface area contributed by atoms with Gasteiger partial charge in [-0.3, -0.25) is 4.79 Å². The summed E-state index contributed by atoms with van der Waals surface area (Å²) in [5, 5.41) is 0. The summed E-state index contributed by atoms with van der Waals surface area (Å²) in [7, 11) is 0. The van der Waals surface area contributed by atoms with Crippen LogP contribution in [0.25, 0.3) is 0 Å². The Hall–Kier alpha value is 0.150. The number of carbonyl (C=O) groups excluding carboxylic acids is 1. The molecule has 6 rings (SSSR count). The third kappa shape index (κ3) is 0.383. The van der Waals surface area contributed by atoms with Gasteiger partial charge >= 0.3 is 0 Å². The summed E-state index contributed by atoms with van der Waals surface area (Å²) in [6.07, 6.45) is 2.73. The molecule has 0 aliphatic heterocycles. The first kappa shape index (κ1) is 6.60. The number of hydrogen-bond acceptors (Lipinski definition) is 1. The van der Waals surface area contributed by atoms with Crippen LogP contribution in [0.15, 0.2) is 0 Å². The zero-order valence-electron chi connectivity index (χ0n) is 7.24. The number of Topliss-reactive ketones (excluding diaryl/α,β-unsaturated/α-hetero) is 1. The number of ketones is 1. The van der Waals surface area contributed by atoms with Crippen molar-refractivity contribution < 1.29 is 4.79 Å². The molecule has 6 saturated carbocycles. The molecule has 6 fully saturated rings. The summed E-state index contributed by atoms with van der Waals surface area (Å²) in [6.45, 7) is 0. The van der Waals surface area contributed by atoms with Gasteiger partial charge in [0.25, 0.3) is 0 Å². The predicted octanol–water partition coefficient (Wildman–Crippen LogP) is 1.85. The largest absolute Gasteiger partial charge is 0.299 e. The molecule has 68 valence electrons. The Labute approximate surface area is 85.4 Å². The molecule has 0 amide bonds. The minimum Gasteiger partial charge on any atom is -0.299 e. The lowest BCUT2D eigenvalue weighted by atomic mass is 9.71. The average molecular weight is 239 g/mol. The molecule has 0 saturated heterocycles. The zero-order valence-corrected chi connectivity index (χ0v) is 8.83. The predicted molar refractivity (Wildman–Crippen MR) is 50.3 cm³/mol. The van der Waals surface area contributed by atoms with E-state index in [1.54, 1.807) is 0 Å². The number of carbonyl (C=O) groups is 1. The Kier molecular flexibility index (Phi) is 0.742. The molecule has 0 heterocycles. The van der Waals surface area contributed by atoms with Crippen molar-refractivity contribution in [2.24, 2.45) is 41.4 Å². The molecule has 0 N–H and O–H groups in total. The Morgan fingerprint density at radius 3 is 2.92 bits per heavy atom. The number of halogens is 1. The van der Waals surface area contributed by atoms with Crippen LogP contribution < -0.4 is 0 Å². The third-order valence-corrected chi connectivity index (χ3v) is 7.38. The van der Waals surface area contributed by atoms with Gasteiger partial charge in [-0.2, -0.15) is 0 Å². The standard InChI is InChI=1S/C11H11BrO/c12-11-2-5-3-1-4-6(5)9(11)10(13)7(4)8(3)11/h3-9H,1-2H2/t3-,4-,5+,6+,7+,8+,9-,11+/m1/s1. The molecule has 0 aromatic heterocycles. The summed E-state index contributed by atoms with van der Waals surface area (Å²) in [6, 6.07) is 0. The van der Waals surface area contributed by atoms with E-state index in [1.807, 2.05) is 0 Å². The minimum atomic E-state index is 0.307. The van der Waals surface area contributed by atoms with Gasteiger partial charge in [-0.05, 0) is 42.4 Å². The summed E-state index contributed by atoms with van der Waals surface area (Å²) in [4.78, 5) is 12.1. The fourth-order valence-electron chi connectivity index (χ4n) is 6.19. The molecule has 0 aromatic carbocycles. The van der Waals surface area contributed by atoms with Crippen molar-refractivity contribution in [2.75, 3.05) is 0 Å². The van der Waals surface area contributed by atoms with Crippen LogP contribution in [-0.2, 0) is 4.79 Å². The van der Waals surface area contributed by atoms with Crippen LogP contribution in [0.2, 0.25) is 0 Å². The van der Waals surface area contributed by atoms with Crippen molar-refractivity contribution in [2.45, 2.75) is 17.2 Å². The second-order valence-corrected chi connectivity index (χ2v) is 7.34. The molecule has 1 nitrogen and oxygen atoms in total. The van der Waals surface area contributed by atoms with Gasteiger partial charge in [-0.15, -0.1) is 0 Å². The monoisotopic (exact) mass is 238 g/mol. The molecule has 0 radical (unpaired) electrons. The molecule has 8 atom stereocenters. The highest BCUT2D eigenvalue weighted by molar-refractivity contribution is 9.10. The van der Waals surface area contributed by atoms with Gasteiger partial charge in [0.2, 0.25) is 0 Å². The Morgan fingerprint density at radius 2 is 2.15 bits per heavy atom. The van der Waals surface area contributed by atoms with Crippen molar-refractivity contribution in [1.29, 1.82) is 0 Å². The lowest BCUT2D eigenvalue weighted by molar-refractivity contribution is -0.122. The van der Waals surface area contributed by atoms with Gasteiger partial charge in [0.15, 0.2) is 0 Å². The topological polar surface area (TPSA) is 17.1 Å². The first-order valence-corrected chi connectivity index (χ1v) is 6.25. The molecular weight excluding hydrogens is 228 g/mol. The van der Waals surface area contributed by atoms with E-state index in [-0.39, 0.29) is 0 Å². The van der Waals surface area contributed by atoms with Crippen molar-refractivity contribution >= 4 is 21.7 Å². The van der Waals surface area contributed by atoms with Gasteiger partial charge in [0, 0.05) is 16.2 Å². The highest BCUT2D eigenvalue weighted by Gasteiger charge is 2.85. The number of alkyl halides is 1. The molecule has 2 heteroatoms. The molecule has 0 spiro atoms. The van der Waals surface area contributed by atoms with Crippen LogP contribution in [0.3, 0.4) is 0 Å². The normalized spacial score (nSPS) is 79.8. The van der Waals surface area contributed by atoms with Crippen molar-refractivity contribution in [3.63, 3.8) is 0 Å². The van der Waals surface area contributed by atoms with Crippen LogP contribution in [0.5, 0.6) is 0 Å². The van der Waals surface area contributed by atoms with Crippen molar-refractivity contribution in [3.05, 3.63) is 0 Å². The van der Waals surface area contributed by atoms with Crippen molar-refractivity contribution in [1.82, 2.24) is 0 Å². The average Bonchev–Trinajstić information content (AvgIpc) is 2.70. The van der Waals surface area contributed by atoms with E-state index in [9.17, 15) is 4.79 Å². The molecule has 6 aliphatic rings. The van der Waals surface area contributed by atoms with Gasteiger partial charge in [-0.1, -0.05) is 15.9 Å². The van der Waals surface area contributed by atoms with Gasteiger partial charge in [-0.25, -0.2) is 0 Å². The van der Waals surface area contributed by atoms with E-state index >= 15 is 0 Å². The third-order valence-electron chi connectivity index (χ3n) is 6.03. The van der Waals surface area contributed by atoms with E-state index in [4.69, 9.17) is 0 Å². The lowest BCUT2D eigenvalue weighted by Crippen LogP contribution is -2.39. The van der Waals surface area contributed by atoms with Crippen LogP contribution in [-0.4, -0.2) is 10.1 Å². The van der Waals surface area contributed by atoms with E-state index in [2.05, 4.69) is 15.9 Å². The highest BCUT2D eigenvalue weighted by Crippen LogP contribution is 2.84. The molecule has 13 heavy (non-hydrogen) atoms. The highest BCUT2D eigenvalue weighted by atomic mass is 79.9. The summed E-state index contributed by atoms with van der Waals surface area (Å²) in [5.41, 5.74) is 0. The first-order valence-electron chi connectivity index (χ1n) is 5.46. The quantitative estimate of drug-likeness (QED) is 0.589. The van der Waals surface area contributed by atoms with Gasteiger partial charge in [0.1, 0.15) is 5.78 Å².